The Morgan fingerprint density at radius 2 is 2.11 bits per heavy atom. The number of aliphatic hydroxyl groups excluding tert-OH is 1. The van der Waals surface area contributed by atoms with Crippen molar-refractivity contribution in [1.29, 1.82) is 0 Å². The third-order valence-electron chi connectivity index (χ3n) is 4.95. The van der Waals surface area contributed by atoms with Crippen LogP contribution >= 0.6 is 11.3 Å². The number of hydrogen-bond donors (Lipinski definition) is 3. The molecule has 0 spiro atoms. The number of piperidine rings is 1. The highest BCUT2D eigenvalue weighted by atomic mass is 32.1. The second kappa shape index (κ2) is 10.5. The van der Waals surface area contributed by atoms with E-state index >= 15 is 0 Å². The van der Waals surface area contributed by atoms with Gasteiger partial charge >= 0.3 is 0 Å². The first-order chi connectivity index (χ1) is 13.7. The van der Waals surface area contributed by atoms with Crippen LogP contribution in [0.2, 0.25) is 0 Å². The number of nitrogens with one attached hydrogen (secondary N) is 2. The van der Waals surface area contributed by atoms with Crippen molar-refractivity contribution in [3.8, 4) is 0 Å². The van der Waals surface area contributed by atoms with Gasteiger partial charge in [-0.25, -0.2) is 4.39 Å². The molecule has 28 heavy (non-hydrogen) atoms. The fraction of sp³-hybridized carbons (Fsp3) is 0.476. The summed E-state index contributed by atoms with van der Waals surface area (Å²) >= 11 is 1.74. The highest BCUT2D eigenvalue weighted by Crippen LogP contribution is 2.17. The average molecular weight is 405 g/mol. The van der Waals surface area contributed by atoms with Crippen molar-refractivity contribution in [3.63, 3.8) is 0 Å². The Balaban J connectivity index is 1.50. The Bertz CT molecular complexity index is 745. The van der Waals surface area contributed by atoms with Gasteiger partial charge in [-0.3, -0.25) is 9.89 Å². The number of aliphatic hydroxyl groups is 1. The Kier molecular flexibility index (Phi) is 7.82. The molecule has 2 aromatic rings. The summed E-state index contributed by atoms with van der Waals surface area (Å²) in [6, 6.07) is 8.83. The fourth-order valence-corrected chi connectivity index (χ4v) is 4.07. The molecule has 1 unspecified atom stereocenters. The van der Waals surface area contributed by atoms with E-state index in [1.165, 1.54) is 11.6 Å². The van der Waals surface area contributed by atoms with E-state index in [1.54, 1.807) is 29.5 Å². The molecule has 0 radical (unpaired) electrons. The molecule has 1 aromatic carbocycles. The van der Waals surface area contributed by atoms with Crippen molar-refractivity contribution < 1.29 is 9.50 Å². The summed E-state index contributed by atoms with van der Waals surface area (Å²) < 4.78 is 13.8. The third kappa shape index (κ3) is 6.02. The van der Waals surface area contributed by atoms with Gasteiger partial charge in [0.15, 0.2) is 5.96 Å². The van der Waals surface area contributed by atoms with Gasteiger partial charge in [-0.2, -0.15) is 11.3 Å². The minimum atomic E-state index is -0.955. The van der Waals surface area contributed by atoms with E-state index in [-0.39, 0.29) is 12.1 Å². The van der Waals surface area contributed by atoms with E-state index in [4.69, 9.17) is 0 Å². The van der Waals surface area contributed by atoms with Gasteiger partial charge < -0.3 is 15.7 Å². The van der Waals surface area contributed by atoms with Crippen molar-refractivity contribution in [3.05, 3.63) is 58.0 Å². The predicted octanol–water partition coefficient (Wildman–Crippen LogP) is 3.14. The topological polar surface area (TPSA) is 59.9 Å². The first-order valence-corrected chi connectivity index (χ1v) is 10.8. The van der Waals surface area contributed by atoms with Crippen LogP contribution in [-0.2, 0) is 6.54 Å². The monoisotopic (exact) mass is 404 g/mol. The zero-order valence-corrected chi connectivity index (χ0v) is 17.1. The van der Waals surface area contributed by atoms with Crippen molar-refractivity contribution in [1.82, 2.24) is 15.5 Å². The molecule has 1 aliphatic rings. The lowest BCUT2D eigenvalue weighted by Gasteiger charge is -2.33. The molecule has 0 amide bonds. The van der Waals surface area contributed by atoms with Crippen LogP contribution in [0.15, 0.2) is 46.1 Å². The van der Waals surface area contributed by atoms with Gasteiger partial charge in [-0.15, -0.1) is 0 Å². The standard InChI is InChI=1S/C21H29FN4OS/c1-2-23-21(24-13-20(27)18-5-3-4-6-19(18)22)25-17-7-10-26(11-8-17)14-16-9-12-28-15-16/h3-6,9,12,15,17,20,27H,2,7-8,10-11,13-14H2,1H3,(H2,23,24,25). The molecule has 1 atom stereocenters. The minimum absolute atomic E-state index is 0.118. The Hall–Kier alpha value is -1.96. The Morgan fingerprint density at radius 1 is 1.32 bits per heavy atom. The van der Waals surface area contributed by atoms with E-state index in [2.05, 4.69) is 37.4 Å². The van der Waals surface area contributed by atoms with Crippen LogP contribution in [0.5, 0.6) is 0 Å². The summed E-state index contributed by atoms with van der Waals surface area (Å²) in [4.78, 5) is 6.95. The van der Waals surface area contributed by atoms with Crippen LogP contribution < -0.4 is 10.6 Å². The molecule has 3 N–H and O–H groups in total. The average Bonchev–Trinajstić information content (AvgIpc) is 3.21. The first kappa shape index (κ1) is 20.8. The van der Waals surface area contributed by atoms with E-state index in [0.717, 1.165) is 39.0 Å². The number of thiophene rings is 1. The van der Waals surface area contributed by atoms with Crippen molar-refractivity contribution in [2.24, 2.45) is 4.99 Å². The Labute approximate surface area is 170 Å². The number of aliphatic imine (C=N–C) groups is 1. The molecule has 1 aliphatic heterocycles. The SMILES string of the molecule is CCNC(=NCC(O)c1ccccc1F)NC1CCN(Cc2ccsc2)CC1. The second-order valence-corrected chi connectivity index (χ2v) is 7.86. The Morgan fingerprint density at radius 3 is 2.79 bits per heavy atom. The van der Waals surface area contributed by atoms with E-state index < -0.39 is 11.9 Å². The summed E-state index contributed by atoms with van der Waals surface area (Å²) in [6.07, 6.45) is 1.14. The molecule has 1 fully saturated rings. The summed E-state index contributed by atoms with van der Waals surface area (Å²) in [5, 5.41) is 21.3. The van der Waals surface area contributed by atoms with Crippen LogP contribution in [0.25, 0.3) is 0 Å². The summed E-state index contributed by atoms with van der Waals surface area (Å²) in [5.74, 6) is 0.273. The van der Waals surface area contributed by atoms with Crippen LogP contribution in [0, 0.1) is 5.82 Å². The van der Waals surface area contributed by atoms with Gasteiger partial charge in [-0.1, -0.05) is 18.2 Å². The number of benzene rings is 1. The summed E-state index contributed by atoms with van der Waals surface area (Å²) in [5.41, 5.74) is 1.66. The van der Waals surface area contributed by atoms with Gasteiger partial charge in [-0.05, 0) is 48.2 Å². The molecule has 1 aromatic heterocycles. The van der Waals surface area contributed by atoms with Gasteiger partial charge in [0.2, 0.25) is 0 Å². The molecule has 0 aliphatic carbocycles. The van der Waals surface area contributed by atoms with Gasteiger partial charge in [0.1, 0.15) is 11.9 Å². The lowest BCUT2D eigenvalue weighted by Crippen LogP contribution is -2.48. The zero-order chi connectivity index (χ0) is 19.8. The maximum atomic E-state index is 13.8. The molecular weight excluding hydrogens is 375 g/mol. The number of likely N-dealkylation sites (tertiary alicyclic amines) is 1. The molecule has 7 heteroatoms. The molecule has 0 bridgehead atoms. The fourth-order valence-electron chi connectivity index (χ4n) is 3.41. The molecular formula is C21H29FN4OS. The number of guanidine groups is 1. The van der Waals surface area contributed by atoms with Crippen LogP contribution in [0.1, 0.15) is 37.0 Å². The maximum Gasteiger partial charge on any atom is 0.191 e. The van der Waals surface area contributed by atoms with Gasteiger partial charge in [0.25, 0.3) is 0 Å². The van der Waals surface area contributed by atoms with E-state index in [9.17, 15) is 9.50 Å². The highest BCUT2D eigenvalue weighted by molar-refractivity contribution is 7.07. The molecule has 3 rings (SSSR count). The van der Waals surface area contributed by atoms with Crippen LogP contribution in [0.3, 0.4) is 0 Å². The maximum absolute atomic E-state index is 13.8. The van der Waals surface area contributed by atoms with E-state index in [1.807, 2.05) is 6.92 Å². The van der Waals surface area contributed by atoms with Crippen molar-refractivity contribution in [2.45, 2.75) is 38.5 Å². The lowest BCUT2D eigenvalue weighted by molar-refractivity contribution is 0.181. The summed E-state index contributed by atoms with van der Waals surface area (Å²) in [7, 11) is 0. The van der Waals surface area contributed by atoms with Crippen LogP contribution in [-0.4, -0.2) is 48.2 Å². The minimum Gasteiger partial charge on any atom is -0.386 e. The molecule has 1 saturated heterocycles. The lowest BCUT2D eigenvalue weighted by atomic mass is 10.0. The predicted molar refractivity (Wildman–Crippen MR) is 113 cm³/mol. The van der Waals surface area contributed by atoms with Crippen molar-refractivity contribution in [2.75, 3.05) is 26.2 Å². The number of halogens is 1. The highest BCUT2D eigenvalue weighted by Gasteiger charge is 2.20. The summed E-state index contributed by atoms with van der Waals surface area (Å²) in [6.45, 7) is 5.97. The largest absolute Gasteiger partial charge is 0.386 e. The van der Waals surface area contributed by atoms with E-state index in [0.29, 0.717) is 12.0 Å². The normalized spacial score (nSPS) is 17.5. The zero-order valence-electron chi connectivity index (χ0n) is 16.3. The molecule has 2 heterocycles. The molecule has 5 nitrogen and oxygen atoms in total. The van der Waals surface area contributed by atoms with Crippen LogP contribution in [0.4, 0.5) is 4.39 Å². The van der Waals surface area contributed by atoms with Gasteiger partial charge in [0, 0.05) is 37.8 Å². The third-order valence-corrected chi connectivity index (χ3v) is 5.68. The molecule has 152 valence electrons. The molecule has 0 saturated carbocycles. The number of rotatable bonds is 7. The van der Waals surface area contributed by atoms with Crippen molar-refractivity contribution >= 4 is 17.3 Å². The smallest absolute Gasteiger partial charge is 0.191 e. The second-order valence-electron chi connectivity index (χ2n) is 7.08. The first-order valence-electron chi connectivity index (χ1n) is 9.86. The quantitative estimate of drug-likeness (QED) is 0.490. The number of hydrogen-bond acceptors (Lipinski definition) is 4. The van der Waals surface area contributed by atoms with Gasteiger partial charge in [0.05, 0.1) is 6.54 Å². The number of nitrogens with zero attached hydrogens (tertiary/aromatic N) is 2.